The first-order valence-corrected chi connectivity index (χ1v) is 6.29. The minimum Gasteiger partial charge on any atom is -0.496 e. The van der Waals surface area contributed by atoms with Gasteiger partial charge in [-0.3, -0.25) is 0 Å². The molecule has 0 aliphatic carbocycles. The number of rotatable bonds is 3. The molecule has 0 aliphatic rings. The van der Waals surface area contributed by atoms with Gasteiger partial charge >= 0.3 is 0 Å². The molecule has 1 N–H and O–H groups in total. The molecule has 0 saturated heterocycles. The maximum Gasteiger partial charge on any atom is 0.133 e. The minimum atomic E-state index is 0.648. The summed E-state index contributed by atoms with van der Waals surface area (Å²) in [4.78, 5) is 7.32. The van der Waals surface area contributed by atoms with Crippen LogP contribution in [0, 0.1) is 11.6 Å². The maximum absolute atomic E-state index is 5.42. The van der Waals surface area contributed by atoms with Gasteiger partial charge < -0.3 is 9.72 Å². The van der Waals surface area contributed by atoms with E-state index in [0.717, 1.165) is 29.0 Å². The lowest BCUT2D eigenvalue weighted by atomic mass is 10.0. The van der Waals surface area contributed by atoms with Gasteiger partial charge in [-0.05, 0) is 25.5 Å². The van der Waals surface area contributed by atoms with Gasteiger partial charge in [0.2, 0.25) is 0 Å². The first-order chi connectivity index (χ1) is 8.67. The molecule has 0 radical (unpaired) electrons. The van der Waals surface area contributed by atoms with Crippen LogP contribution in [-0.4, -0.2) is 17.1 Å². The van der Waals surface area contributed by atoms with Crippen LogP contribution in [0.2, 0.25) is 0 Å². The average molecular weight is 260 g/mol. The lowest BCUT2D eigenvalue weighted by Crippen LogP contribution is -1.97. The highest BCUT2D eigenvalue weighted by molar-refractivity contribution is 7.71. The van der Waals surface area contributed by atoms with Crippen molar-refractivity contribution >= 4 is 12.2 Å². The van der Waals surface area contributed by atoms with E-state index in [2.05, 4.69) is 29.9 Å². The second-order valence-electron chi connectivity index (χ2n) is 4.12. The van der Waals surface area contributed by atoms with Gasteiger partial charge in [-0.1, -0.05) is 30.8 Å². The van der Waals surface area contributed by atoms with Crippen LogP contribution in [0.1, 0.15) is 18.1 Å². The second-order valence-corrected chi connectivity index (χ2v) is 4.51. The summed E-state index contributed by atoms with van der Waals surface area (Å²) in [5.74, 6) is 0.840. The highest BCUT2D eigenvalue weighted by atomic mass is 32.1. The van der Waals surface area contributed by atoms with E-state index in [0.29, 0.717) is 4.64 Å². The first-order valence-electron chi connectivity index (χ1n) is 5.89. The summed E-state index contributed by atoms with van der Waals surface area (Å²) in [5.41, 5.74) is 4.27. The highest BCUT2D eigenvalue weighted by Gasteiger charge is 2.11. The van der Waals surface area contributed by atoms with Crippen molar-refractivity contribution < 1.29 is 4.74 Å². The number of H-pyrrole nitrogens is 1. The van der Waals surface area contributed by atoms with Crippen LogP contribution in [0.3, 0.4) is 0 Å². The zero-order valence-electron chi connectivity index (χ0n) is 10.8. The van der Waals surface area contributed by atoms with Crippen molar-refractivity contribution in [3.05, 3.63) is 40.3 Å². The Hall–Kier alpha value is -1.68. The molecule has 1 aromatic heterocycles. The third kappa shape index (κ3) is 2.29. The zero-order chi connectivity index (χ0) is 13.1. The molecule has 2 aromatic rings. The molecular weight excluding hydrogens is 244 g/mol. The summed E-state index contributed by atoms with van der Waals surface area (Å²) >= 11 is 5.28. The summed E-state index contributed by atoms with van der Waals surface area (Å²) < 4.78 is 6.07. The fourth-order valence-corrected chi connectivity index (χ4v) is 2.31. The standard InChI is InChI=1S/C14H16N2OS/c1-4-10-13(15-8-16-14(10)18)11-7-9(2)5-6-12(11)17-3/h5-8H,4H2,1-3H3,(H,15,16,18). The van der Waals surface area contributed by atoms with Crippen molar-refractivity contribution in [2.75, 3.05) is 7.11 Å². The van der Waals surface area contributed by atoms with Crippen molar-refractivity contribution in [3.63, 3.8) is 0 Å². The van der Waals surface area contributed by atoms with E-state index in [1.54, 1.807) is 13.4 Å². The van der Waals surface area contributed by atoms with E-state index in [9.17, 15) is 0 Å². The predicted molar refractivity (Wildman–Crippen MR) is 75.5 cm³/mol. The van der Waals surface area contributed by atoms with Gasteiger partial charge in [-0.25, -0.2) is 4.98 Å². The quantitative estimate of drug-likeness (QED) is 0.855. The molecule has 2 rings (SSSR count). The predicted octanol–water partition coefficient (Wildman–Crippen LogP) is 3.69. The lowest BCUT2D eigenvalue weighted by Gasteiger charge is -2.12. The molecule has 1 heterocycles. The number of aromatic nitrogens is 2. The number of aryl methyl sites for hydroxylation is 1. The Labute approximate surface area is 112 Å². The van der Waals surface area contributed by atoms with Gasteiger partial charge in [-0.15, -0.1) is 0 Å². The van der Waals surface area contributed by atoms with Gasteiger partial charge in [0.15, 0.2) is 0 Å². The molecule has 0 unspecified atom stereocenters. The van der Waals surface area contributed by atoms with E-state index in [4.69, 9.17) is 17.0 Å². The molecule has 4 heteroatoms. The Morgan fingerprint density at radius 3 is 2.83 bits per heavy atom. The van der Waals surface area contributed by atoms with Crippen molar-refractivity contribution in [2.24, 2.45) is 0 Å². The molecule has 3 nitrogen and oxygen atoms in total. The van der Waals surface area contributed by atoms with E-state index in [1.165, 1.54) is 5.56 Å². The van der Waals surface area contributed by atoms with Crippen LogP contribution in [0.4, 0.5) is 0 Å². The number of hydrogen-bond acceptors (Lipinski definition) is 3. The molecule has 1 aromatic carbocycles. The fourth-order valence-electron chi connectivity index (χ4n) is 2.01. The molecule has 0 fully saturated rings. The van der Waals surface area contributed by atoms with Gasteiger partial charge in [0.05, 0.1) is 19.1 Å². The van der Waals surface area contributed by atoms with Gasteiger partial charge in [-0.2, -0.15) is 0 Å². The Morgan fingerprint density at radius 1 is 1.39 bits per heavy atom. The summed E-state index contributed by atoms with van der Waals surface area (Å²) in [5, 5.41) is 0. The molecule has 94 valence electrons. The van der Waals surface area contributed by atoms with Gasteiger partial charge in [0.1, 0.15) is 10.4 Å². The number of aromatic amines is 1. The van der Waals surface area contributed by atoms with Crippen LogP contribution in [-0.2, 0) is 6.42 Å². The molecule has 0 atom stereocenters. The van der Waals surface area contributed by atoms with E-state index < -0.39 is 0 Å². The molecule has 18 heavy (non-hydrogen) atoms. The van der Waals surface area contributed by atoms with E-state index >= 15 is 0 Å². The van der Waals surface area contributed by atoms with Crippen molar-refractivity contribution in [1.82, 2.24) is 9.97 Å². The summed E-state index contributed by atoms with van der Waals surface area (Å²) in [7, 11) is 1.68. The molecule has 0 aliphatic heterocycles. The lowest BCUT2D eigenvalue weighted by molar-refractivity contribution is 0.416. The smallest absolute Gasteiger partial charge is 0.133 e. The topological polar surface area (TPSA) is 37.9 Å². The average Bonchev–Trinajstić information content (AvgIpc) is 2.38. The summed E-state index contributed by atoms with van der Waals surface area (Å²) in [6.45, 7) is 4.14. The Kier molecular flexibility index (Phi) is 3.77. The Morgan fingerprint density at radius 2 is 2.17 bits per heavy atom. The van der Waals surface area contributed by atoms with Crippen molar-refractivity contribution in [3.8, 4) is 17.0 Å². The zero-order valence-corrected chi connectivity index (χ0v) is 11.6. The molecular formula is C14H16N2OS. The number of methoxy groups -OCH3 is 1. The van der Waals surface area contributed by atoms with Gasteiger partial charge in [0.25, 0.3) is 0 Å². The Balaban J connectivity index is 2.72. The molecule has 0 spiro atoms. The second kappa shape index (κ2) is 5.31. The molecule has 0 amide bonds. The van der Waals surface area contributed by atoms with Crippen molar-refractivity contribution in [1.29, 1.82) is 0 Å². The minimum absolute atomic E-state index is 0.648. The largest absolute Gasteiger partial charge is 0.496 e. The van der Waals surface area contributed by atoms with Crippen LogP contribution in [0.15, 0.2) is 24.5 Å². The Bertz CT molecular complexity index is 619. The van der Waals surface area contributed by atoms with Gasteiger partial charge in [0, 0.05) is 11.1 Å². The van der Waals surface area contributed by atoms with E-state index in [1.807, 2.05) is 12.1 Å². The van der Waals surface area contributed by atoms with E-state index in [-0.39, 0.29) is 0 Å². The summed E-state index contributed by atoms with van der Waals surface area (Å²) in [6, 6.07) is 6.10. The third-order valence-corrected chi connectivity index (χ3v) is 3.28. The van der Waals surface area contributed by atoms with Crippen molar-refractivity contribution in [2.45, 2.75) is 20.3 Å². The molecule has 0 saturated carbocycles. The maximum atomic E-state index is 5.42. The SMILES string of the molecule is CCc1c(-c2cc(C)ccc2OC)[nH]cnc1=S. The number of ether oxygens (including phenoxy) is 1. The summed E-state index contributed by atoms with van der Waals surface area (Å²) in [6.07, 6.45) is 2.48. The van der Waals surface area contributed by atoms with Crippen LogP contribution in [0.25, 0.3) is 11.3 Å². The number of hydrogen-bond donors (Lipinski definition) is 1. The number of benzene rings is 1. The van der Waals surface area contributed by atoms with Crippen LogP contribution >= 0.6 is 12.2 Å². The molecule has 0 bridgehead atoms. The normalized spacial score (nSPS) is 10.4. The monoisotopic (exact) mass is 260 g/mol. The van der Waals surface area contributed by atoms with Crippen LogP contribution < -0.4 is 4.74 Å². The fraction of sp³-hybridized carbons (Fsp3) is 0.286. The third-order valence-electron chi connectivity index (χ3n) is 2.93. The highest BCUT2D eigenvalue weighted by Crippen LogP contribution is 2.31. The first kappa shape index (κ1) is 12.8. The number of nitrogens with one attached hydrogen (secondary N) is 1. The van der Waals surface area contributed by atoms with Crippen LogP contribution in [0.5, 0.6) is 5.75 Å². The number of nitrogens with zero attached hydrogens (tertiary/aromatic N) is 1.